The molecular weight excluding hydrogens is 287 g/mol. The number of aryl methyl sites for hydroxylation is 2. The van der Waals surface area contributed by atoms with E-state index in [4.69, 9.17) is 23.2 Å². The summed E-state index contributed by atoms with van der Waals surface area (Å²) < 4.78 is 0. The van der Waals surface area contributed by atoms with Gasteiger partial charge in [-0.2, -0.15) is 0 Å². The molecule has 0 saturated heterocycles. The summed E-state index contributed by atoms with van der Waals surface area (Å²) in [6, 6.07) is 3.45. The fourth-order valence-electron chi connectivity index (χ4n) is 1.50. The summed E-state index contributed by atoms with van der Waals surface area (Å²) in [5, 5.41) is 9.91. The Bertz CT molecular complexity index is 624. The molecule has 1 heterocycles. The van der Waals surface area contributed by atoms with Crippen molar-refractivity contribution in [2.24, 2.45) is 0 Å². The van der Waals surface area contributed by atoms with Crippen molar-refractivity contribution in [3.63, 3.8) is 0 Å². The molecule has 2 aromatic rings. The SMILES string of the molecule is CCc1nc(C(=O)Nc2c(Cl)ccc(C)c2Cl)n[nH]1. The number of H-pyrrole nitrogens is 1. The average Bonchev–Trinajstić information content (AvgIpc) is 2.88. The lowest BCUT2D eigenvalue weighted by Gasteiger charge is -2.09. The topological polar surface area (TPSA) is 70.7 Å². The first-order chi connectivity index (χ1) is 9.02. The summed E-state index contributed by atoms with van der Waals surface area (Å²) >= 11 is 12.1. The Morgan fingerprint density at radius 1 is 1.42 bits per heavy atom. The van der Waals surface area contributed by atoms with Gasteiger partial charge < -0.3 is 5.32 Å². The summed E-state index contributed by atoms with van der Waals surface area (Å²) in [7, 11) is 0. The highest BCUT2D eigenvalue weighted by atomic mass is 35.5. The van der Waals surface area contributed by atoms with E-state index in [2.05, 4.69) is 20.5 Å². The molecule has 1 aromatic carbocycles. The lowest BCUT2D eigenvalue weighted by molar-refractivity contribution is 0.101. The maximum absolute atomic E-state index is 12.0. The van der Waals surface area contributed by atoms with Gasteiger partial charge in [0.1, 0.15) is 5.82 Å². The Labute approximate surface area is 120 Å². The zero-order valence-corrected chi connectivity index (χ0v) is 11.9. The van der Waals surface area contributed by atoms with Gasteiger partial charge >= 0.3 is 0 Å². The number of halogens is 2. The molecule has 1 aromatic heterocycles. The van der Waals surface area contributed by atoms with Crippen LogP contribution in [0.2, 0.25) is 10.0 Å². The van der Waals surface area contributed by atoms with Gasteiger partial charge in [-0.15, -0.1) is 5.10 Å². The van der Waals surface area contributed by atoms with Gasteiger partial charge in [0, 0.05) is 6.42 Å². The van der Waals surface area contributed by atoms with E-state index in [0.29, 0.717) is 28.0 Å². The Morgan fingerprint density at radius 3 is 2.79 bits per heavy atom. The Morgan fingerprint density at radius 2 is 2.16 bits per heavy atom. The van der Waals surface area contributed by atoms with E-state index >= 15 is 0 Å². The summed E-state index contributed by atoms with van der Waals surface area (Å²) in [4.78, 5) is 16.0. The van der Waals surface area contributed by atoms with Gasteiger partial charge in [0.15, 0.2) is 0 Å². The third-order valence-electron chi connectivity index (χ3n) is 2.59. The fraction of sp³-hybridized carbons (Fsp3) is 0.250. The molecule has 100 valence electrons. The van der Waals surface area contributed by atoms with E-state index in [1.807, 2.05) is 13.8 Å². The van der Waals surface area contributed by atoms with Crippen LogP contribution in [0.5, 0.6) is 0 Å². The van der Waals surface area contributed by atoms with Crippen LogP contribution in [0.1, 0.15) is 28.9 Å². The Balaban J connectivity index is 2.26. The molecule has 5 nitrogen and oxygen atoms in total. The number of nitrogens with one attached hydrogen (secondary N) is 2. The van der Waals surface area contributed by atoms with Crippen LogP contribution in [-0.2, 0) is 6.42 Å². The van der Waals surface area contributed by atoms with Crippen LogP contribution >= 0.6 is 23.2 Å². The molecule has 0 fully saturated rings. The normalized spacial score (nSPS) is 10.5. The highest BCUT2D eigenvalue weighted by molar-refractivity contribution is 6.40. The molecule has 0 saturated carbocycles. The summed E-state index contributed by atoms with van der Waals surface area (Å²) in [5.41, 5.74) is 1.20. The van der Waals surface area contributed by atoms with Crippen molar-refractivity contribution < 1.29 is 4.79 Å². The predicted octanol–water partition coefficient (Wildman–Crippen LogP) is 3.23. The van der Waals surface area contributed by atoms with Crippen LogP contribution < -0.4 is 5.32 Å². The number of nitrogens with zero attached hydrogens (tertiary/aromatic N) is 2. The summed E-state index contributed by atoms with van der Waals surface area (Å²) in [6.07, 6.45) is 0.673. The van der Waals surface area contributed by atoms with Crippen LogP contribution in [0.15, 0.2) is 12.1 Å². The van der Waals surface area contributed by atoms with Crippen LogP contribution in [0.3, 0.4) is 0 Å². The van der Waals surface area contributed by atoms with Crippen molar-refractivity contribution in [3.8, 4) is 0 Å². The van der Waals surface area contributed by atoms with Crippen LogP contribution in [-0.4, -0.2) is 21.1 Å². The van der Waals surface area contributed by atoms with Crippen LogP contribution in [0, 0.1) is 6.92 Å². The zero-order chi connectivity index (χ0) is 14.0. The molecule has 0 aliphatic carbocycles. The molecule has 0 aliphatic heterocycles. The van der Waals surface area contributed by atoms with E-state index in [0.717, 1.165) is 5.56 Å². The van der Waals surface area contributed by atoms with E-state index in [-0.39, 0.29) is 5.82 Å². The smallest absolute Gasteiger partial charge is 0.295 e. The van der Waals surface area contributed by atoms with E-state index < -0.39 is 5.91 Å². The maximum atomic E-state index is 12.0. The average molecular weight is 299 g/mol. The molecule has 0 aliphatic rings. The predicted molar refractivity (Wildman–Crippen MR) is 74.9 cm³/mol. The quantitative estimate of drug-likeness (QED) is 0.914. The standard InChI is InChI=1S/C12H12Cl2N4O/c1-3-8-15-11(18-17-8)12(19)16-10-7(13)5-4-6(2)9(10)14/h4-5H,3H2,1-2H3,(H,16,19)(H,15,17,18). The highest BCUT2D eigenvalue weighted by Crippen LogP contribution is 2.32. The number of aromatic nitrogens is 3. The van der Waals surface area contributed by atoms with Gasteiger partial charge in [-0.05, 0) is 18.6 Å². The largest absolute Gasteiger partial charge is 0.317 e. The first-order valence-corrected chi connectivity index (χ1v) is 6.45. The monoisotopic (exact) mass is 298 g/mol. The first-order valence-electron chi connectivity index (χ1n) is 5.70. The van der Waals surface area contributed by atoms with Crippen LogP contribution in [0.25, 0.3) is 0 Å². The minimum atomic E-state index is -0.453. The number of hydrogen-bond donors (Lipinski definition) is 2. The van der Waals surface area contributed by atoms with Gasteiger partial charge in [0.05, 0.1) is 15.7 Å². The minimum absolute atomic E-state index is 0.0606. The maximum Gasteiger partial charge on any atom is 0.295 e. The van der Waals surface area contributed by atoms with Gasteiger partial charge in [-0.3, -0.25) is 9.89 Å². The lowest BCUT2D eigenvalue weighted by Crippen LogP contribution is -2.14. The molecule has 0 atom stereocenters. The van der Waals surface area contributed by atoms with Gasteiger partial charge in [0.2, 0.25) is 5.82 Å². The molecule has 0 radical (unpaired) electrons. The molecule has 0 bridgehead atoms. The molecule has 2 N–H and O–H groups in total. The van der Waals surface area contributed by atoms with Crippen molar-refractivity contribution in [2.45, 2.75) is 20.3 Å². The third kappa shape index (κ3) is 2.88. The number of hydrogen-bond acceptors (Lipinski definition) is 3. The second kappa shape index (κ2) is 5.59. The number of benzene rings is 1. The number of carbonyl (C=O) groups is 1. The molecule has 1 amide bonds. The van der Waals surface area contributed by atoms with E-state index in [1.54, 1.807) is 12.1 Å². The molecule has 19 heavy (non-hydrogen) atoms. The number of rotatable bonds is 3. The number of anilines is 1. The molecular formula is C12H12Cl2N4O. The van der Waals surface area contributed by atoms with E-state index in [1.165, 1.54) is 0 Å². The van der Waals surface area contributed by atoms with Gasteiger partial charge in [-0.25, -0.2) is 4.98 Å². The lowest BCUT2D eigenvalue weighted by atomic mass is 10.2. The van der Waals surface area contributed by atoms with Crippen molar-refractivity contribution in [1.29, 1.82) is 0 Å². The highest BCUT2D eigenvalue weighted by Gasteiger charge is 2.16. The molecule has 2 rings (SSSR count). The zero-order valence-electron chi connectivity index (χ0n) is 10.4. The first kappa shape index (κ1) is 13.8. The van der Waals surface area contributed by atoms with Crippen LogP contribution in [0.4, 0.5) is 5.69 Å². The van der Waals surface area contributed by atoms with Gasteiger partial charge in [-0.1, -0.05) is 36.2 Å². The molecule has 0 unspecified atom stereocenters. The summed E-state index contributed by atoms with van der Waals surface area (Å²) in [6.45, 7) is 3.74. The number of carbonyl (C=O) groups excluding carboxylic acids is 1. The van der Waals surface area contributed by atoms with E-state index in [9.17, 15) is 4.79 Å². The second-order valence-corrected chi connectivity index (χ2v) is 4.75. The number of amides is 1. The van der Waals surface area contributed by atoms with Gasteiger partial charge in [0.25, 0.3) is 5.91 Å². The minimum Gasteiger partial charge on any atom is -0.317 e. The van der Waals surface area contributed by atoms with Crippen molar-refractivity contribution in [2.75, 3.05) is 5.32 Å². The van der Waals surface area contributed by atoms with Crippen molar-refractivity contribution in [1.82, 2.24) is 15.2 Å². The number of aromatic amines is 1. The second-order valence-electron chi connectivity index (χ2n) is 3.97. The van der Waals surface area contributed by atoms with Crippen molar-refractivity contribution in [3.05, 3.63) is 39.4 Å². The Hall–Kier alpha value is -1.59. The summed E-state index contributed by atoms with van der Waals surface area (Å²) in [5.74, 6) is 0.252. The Kier molecular flexibility index (Phi) is 4.07. The van der Waals surface area contributed by atoms with Crippen molar-refractivity contribution >= 4 is 34.8 Å². The molecule has 0 spiro atoms. The third-order valence-corrected chi connectivity index (χ3v) is 3.39. The molecule has 7 heteroatoms. The fourth-order valence-corrected chi connectivity index (χ4v) is 1.96.